The van der Waals surface area contributed by atoms with Gasteiger partial charge in [0.25, 0.3) is 5.52 Å². The second-order valence-corrected chi connectivity index (χ2v) is 7.53. The molecule has 0 radical (unpaired) electrons. The van der Waals surface area contributed by atoms with Gasteiger partial charge in [0.2, 0.25) is 11.5 Å². The lowest BCUT2D eigenvalue weighted by molar-refractivity contribution is -0.674. The number of anilines is 1. The van der Waals surface area contributed by atoms with Crippen LogP contribution in [0.5, 0.6) is 5.75 Å². The Morgan fingerprint density at radius 2 is 1.79 bits per heavy atom. The standard InChI is InChI=1S/C25H29N2O2/c1-6-19(15-24-26(7-2)20-13-17(4)9-11-22(20)28-24)16-25-27(8-3)21-14-18(5)10-12-23(21)29-25/h9-16H,6-8H2,1-5H3/q+1. The minimum absolute atomic E-state index is 0.859. The van der Waals surface area contributed by atoms with Gasteiger partial charge in [-0.15, -0.1) is 0 Å². The van der Waals surface area contributed by atoms with Gasteiger partial charge in [0.15, 0.2) is 5.75 Å². The fourth-order valence-corrected chi connectivity index (χ4v) is 3.85. The molecule has 4 nitrogen and oxygen atoms in total. The van der Waals surface area contributed by atoms with Crippen LogP contribution in [0.2, 0.25) is 0 Å². The first kappa shape index (κ1) is 19.3. The van der Waals surface area contributed by atoms with Crippen molar-refractivity contribution in [3.05, 3.63) is 70.9 Å². The molecule has 1 aromatic heterocycles. The first-order valence-electron chi connectivity index (χ1n) is 10.4. The Labute approximate surface area is 172 Å². The molecule has 4 rings (SSSR count). The summed E-state index contributed by atoms with van der Waals surface area (Å²) in [5.41, 5.74) is 6.83. The van der Waals surface area contributed by atoms with E-state index in [1.54, 1.807) is 0 Å². The molecule has 0 aliphatic carbocycles. The second kappa shape index (κ2) is 7.78. The van der Waals surface area contributed by atoms with Crippen molar-refractivity contribution in [2.24, 2.45) is 0 Å². The topological polar surface area (TPSA) is 29.5 Å². The Balaban J connectivity index is 1.75. The van der Waals surface area contributed by atoms with Crippen LogP contribution in [0.25, 0.3) is 17.2 Å². The summed E-state index contributed by atoms with van der Waals surface area (Å²) in [4.78, 5) is 2.22. The Hall–Kier alpha value is -3.01. The number of allylic oxidation sites excluding steroid dienone is 2. The summed E-state index contributed by atoms with van der Waals surface area (Å²) in [6, 6.07) is 12.6. The summed E-state index contributed by atoms with van der Waals surface area (Å²) in [5, 5.41) is 0. The van der Waals surface area contributed by atoms with E-state index in [-0.39, 0.29) is 0 Å². The zero-order valence-corrected chi connectivity index (χ0v) is 18.0. The van der Waals surface area contributed by atoms with Crippen molar-refractivity contribution in [3.8, 4) is 5.75 Å². The molecule has 0 saturated carbocycles. The molecule has 150 valence electrons. The fraction of sp³-hybridized carbons (Fsp3) is 0.320. The Morgan fingerprint density at radius 1 is 1.03 bits per heavy atom. The van der Waals surface area contributed by atoms with Crippen LogP contribution in [0.1, 0.15) is 44.2 Å². The van der Waals surface area contributed by atoms with Crippen LogP contribution >= 0.6 is 0 Å². The van der Waals surface area contributed by atoms with Crippen LogP contribution in [0, 0.1) is 13.8 Å². The minimum atomic E-state index is 0.859. The summed E-state index contributed by atoms with van der Waals surface area (Å²) >= 11 is 0. The minimum Gasteiger partial charge on any atom is -0.439 e. The van der Waals surface area contributed by atoms with Crippen molar-refractivity contribution in [1.29, 1.82) is 0 Å². The van der Waals surface area contributed by atoms with Gasteiger partial charge < -0.3 is 14.1 Å². The van der Waals surface area contributed by atoms with Gasteiger partial charge in [-0.1, -0.05) is 19.1 Å². The molecule has 1 aliphatic heterocycles. The van der Waals surface area contributed by atoms with Crippen molar-refractivity contribution >= 4 is 22.9 Å². The molecule has 0 atom stereocenters. The van der Waals surface area contributed by atoms with Crippen molar-refractivity contribution in [1.82, 2.24) is 0 Å². The number of nitrogens with zero attached hydrogens (tertiary/aromatic N) is 2. The molecule has 1 aliphatic rings. The maximum absolute atomic E-state index is 6.18. The van der Waals surface area contributed by atoms with Crippen molar-refractivity contribution in [2.75, 3.05) is 11.4 Å². The number of fused-ring (bicyclic) bond motifs is 2. The number of hydrogen-bond acceptors (Lipinski definition) is 3. The van der Waals surface area contributed by atoms with Crippen LogP contribution in [-0.2, 0) is 6.54 Å². The third-order valence-corrected chi connectivity index (χ3v) is 5.43. The molecule has 29 heavy (non-hydrogen) atoms. The fourth-order valence-electron chi connectivity index (χ4n) is 3.85. The molecule has 2 heterocycles. The zero-order valence-electron chi connectivity index (χ0n) is 18.0. The summed E-state index contributed by atoms with van der Waals surface area (Å²) < 4.78 is 14.6. The molecular formula is C25H29N2O2+. The zero-order chi connectivity index (χ0) is 20.5. The van der Waals surface area contributed by atoms with Gasteiger partial charge in [0.05, 0.1) is 11.8 Å². The SMILES string of the molecule is CCC(=C\c1oc2ccc(C)cc2[n+]1CC)/C=C1/Oc2ccc(C)cc2N1CC. The normalized spacial score (nSPS) is 15.3. The van der Waals surface area contributed by atoms with Crippen molar-refractivity contribution in [2.45, 2.75) is 47.6 Å². The van der Waals surface area contributed by atoms with E-state index in [0.29, 0.717) is 0 Å². The maximum Gasteiger partial charge on any atom is 0.374 e. The highest BCUT2D eigenvalue weighted by Gasteiger charge is 2.26. The average molecular weight is 390 g/mol. The van der Waals surface area contributed by atoms with Gasteiger partial charge >= 0.3 is 5.89 Å². The Morgan fingerprint density at radius 3 is 2.52 bits per heavy atom. The lowest BCUT2D eigenvalue weighted by Crippen LogP contribution is -2.33. The molecule has 0 spiro atoms. The molecule has 4 heteroatoms. The third kappa shape index (κ3) is 3.55. The summed E-state index contributed by atoms with van der Waals surface area (Å²) in [6.07, 6.45) is 5.16. The third-order valence-electron chi connectivity index (χ3n) is 5.43. The number of oxazole rings is 1. The van der Waals surface area contributed by atoms with E-state index in [4.69, 9.17) is 9.15 Å². The lowest BCUT2D eigenvalue weighted by atomic mass is 10.1. The second-order valence-electron chi connectivity index (χ2n) is 7.53. The van der Waals surface area contributed by atoms with Crippen LogP contribution < -0.4 is 14.2 Å². The molecular weight excluding hydrogens is 360 g/mol. The van der Waals surface area contributed by atoms with Crippen molar-refractivity contribution in [3.63, 3.8) is 0 Å². The molecule has 3 aromatic rings. The van der Waals surface area contributed by atoms with Gasteiger partial charge in [-0.25, -0.2) is 0 Å². The quantitative estimate of drug-likeness (QED) is 0.508. The molecule has 0 amide bonds. The van der Waals surface area contributed by atoms with E-state index in [9.17, 15) is 0 Å². The predicted molar refractivity (Wildman–Crippen MR) is 118 cm³/mol. The smallest absolute Gasteiger partial charge is 0.374 e. The van der Waals surface area contributed by atoms with Gasteiger partial charge in [0, 0.05) is 18.7 Å². The predicted octanol–water partition coefficient (Wildman–Crippen LogP) is 5.91. The highest BCUT2D eigenvalue weighted by atomic mass is 16.5. The number of ether oxygens (including phenoxy) is 1. The van der Waals surface area contributed by atoms with E-state index in [1.165, 1.54) is 16.7 Å². The number of rotatable bonds is 5. The van der Waals surface area contributed by atoms with Crippen LogP contribution in [0.3, 0.4) is 0 Å². The number of hydrogen-bond donors (Lipinski definition) is 0. The molecule has 0 N–H and O–H groups in total. The highest BCUT2D eigenvalue weighted by Crippen LogP contribution is 2.39. The molecule has 0 fully saturated rings. The summed E-state index contributed by atoms with van der Waals surface area (Å²) in [5.74, 6) is 2.66. The maximum atomic E-state index is 6.18. The van der Waals surface area contributed by atoms with Crippen molar-refractivity contribution < 1.29 is 13.7 Å². The monoisotopic (exact) mass is 389 g/mol. The van der Waals surface area contributed by atoms with Gasteiger partial charge in [-0.05, 0) is 69.0 Å². The van der Waals surface area contributed by atoms with Gasteiger partial charge in [0.1, 0.15) is 6.54 Å². The van der Waals surface area contributed by atoms with Gasteiger partial charge in [-0.3, -0.25) is 0 Å². The molecule has 0 bridgehead atoms. The first-order chi connectivity index (χ1) is 14.0. The van der Waals surface area contributed by atoms with E-state index in [0.717, 1.165) is 53.8 Å². The van der Waals surface area contributed by atoms with Crippen LogP contribution in [-0.4, -0.2) is 6.54 Å². The number of benzene rings is 2. The molecule has 2 aromatic carbocycles. The van der Waals surface area contributed by atoms with Crippen LogP contribution in [0.15, 0.2) is 58.3 Å². The van der Waals surface area contributed by atoms with Gasteiger partial charge in [-0.2, -0.15) is 4.57 Å². The van der Waals surface area contributed by atoms with E-state index < -0.39 is 0 Å². The lowest BCUT2D eigenvalue weighted by Gasteiger charge is -2.16. The van der Waals surface area contributed by atoms with E-state index in [2.05, 4.69) is 92.6 Å². The van der Waals surface area contributed by atoms with E-state index in [1.807, 2.05) is 0 Å². The highest BCUT2D eigenvalue weighted by molar-refractivity contribution is 5.71. The largest absolute Gasteiger partial charge is 0.439 e. The summed E-state index contributed by atoms with van der Waals surface area (Å²) in [6.45, 7) is 12.4. The van der Waals surface area contributed by atoms with Crippen LogP contribution in [0.4, 0.5) is 5.69 Å². The Bertz CT molecular complexity index is 1120. The summed E-state index contributed by atoms with van der Waals surface area (Å²) in [7, 11) is 0. The Kier molecular flexibility index (Phi) is 5.18. The van der Waals surface area contributed by atoms with E-state index >= 15 is 0 Å². The molecule has 0 saturated heterocycles. The average Bonchev–Trinajstić information content (AvgIpc) is 3.23. The molecule has 0 unspecified atom stereocenters. The first-order valence-corrected chi connectivity index (χ1v) is 10.4. The number of aromatic nitrogens is 1. The number of aryl methyl sites for hydroxylation is 3.